The minimum atomic E-state index is -0.119. The highest BCUT2D eigenvalue weighted by Crippen LogP contribution is 2.23. The highest BCUT2D eigenvalue weighted by Gasteiger charge is 2.20. The summed E-state index contributed by atoms with van der Waals surface area (Å²) in [5.41, 5.74) is 8.01. The normalized spacial score (nSPS) is 15.6. The van der Waals surface area contributed by atoms with E-state index < -0.39 is 0 Å². The lowest BCUT2D eigenvalue weighted by Gasteiger charge is -2.26. The lowest BCUT2D eigenvalue weighted by atomic mass is 10.1. The summed E-state index contributed by atoms with van der Waals surface area (Å²) in [5, 5.41) is 1.42. The summed E-state index contributed by atoms with van der Waals surface area (Å²) in [6.07, 6.45) is 1.99. The van der Waals surface area contributed by atoms with Crippen LogP contribution in [0, 0.1) is 0 Å². The molecule has 0 unspecified atom stereocenters. The van der Waals surface area contributed by atoms with Gasteiger partial charge in [0.15, 0.2) is 0 Å². The molecule has 5 heteroatoms. The van der Waals surface area contributed by atoms with E-state index in [0.717, 1.165) is 18.5 Å². The molecule has 2 N–H and O–H groups in total. The van der Waals surface area contributed by atoms with Crippen LogP contribution in [0.15, 0.2) is 18.2 Å². The molecule has 1 saturated heterocycles. The maximum absolute atomic E-state index is 12.2. The molecule has 1 fully saturated rings. The van der Waals surface area contributed by atoms with Crippen molar-refractivity contribution in [2.24, 2.45) is 0 Å². The first-order chi connectivity index (χ1) is 8.59. The second-order valence-corrected chi connectivity index (χ2v) is 4.62. The highest BCUT2D eigenvalue weighted by molar-refractivity contribution is 5.95. The molecule has 0 saturated carbocycles. The quantitative estimate of drug-likeness (QED) is 0.807. The Morgan fingerprint density at radius 3 is 2.72 bits per heavy atom. The van der Waals surface area contributed by atoms with Crippen molar-refractivity contribution in [1.29, 1.82) is 0 Å². The molecular weight excluding hydrogens is 230 g/mol. The zero-order valence-corrected chi connectivity index (χ0v) is 10.8. The van der Waals surface area contributed by atoms with E-state index in [0.29, 0.717) is 24.4 Å². The molecule has 1 amide bonds. The Bertz CT molecular complexity index is 440. The largest absolute Gasteiger partial charge is 0.397 e. The lowest BCUT2D eigenvalue weighted by molar-refractivity contribution is -0.144. The van der Waals surface area contributed by atoms with Gasteiger partial charge in [-0.25, -0.2) is 5.06 Å². The van der Waals surface area contributed by atoms with Gasteiger partial charge in [0.05, 0.1) is 18.0 Å². The monoisotopic (exact) mass is 249 g/mol. The summed E-state index contributed by atoms with van der Waals surface area (Å²) in [7, 11) is 3.84. The summed E-state index contributed by atoms with van der Waals surface area (Å²) in [5.74, 6) is -0.119. The maximum atomic E-state index is 12.2. The summed E-state index contributed by atoms with van der Waals surface area (Å²) in [6.45, 7) is 1.26. The minimum absolute atomic E-state index is 0.119. The number of amides is 1. The molecule has 1 aliphatic rings. The third kappa shape index (κ3) is 2.56. The van der Waals surface area contributed by atoms with E-state index in [2.05, 4.69) is 0 Å². The van der Waals surface area contributed by atoms with E-state index in [-0.39, 0.29) is 5.91 Å². The highest BCUT2D eigenvalue weighted by atomic mass is 16.7. The van der Waals surface area contributed by atoms with Gasteiger partial charge in [0.2, 0.25) is 0 Å². The molecule has 98 valence electrons. The molecule has 0 aromatic heterocycles. The van der Waals surface area contributed by atoms with Crippen LogP contribution in [-0.4, -0.2) is 38.2 Å². The van der Waals surface area contributed by atoms with E-state index >= 15 is 0 Å². The van der Waals surface area contributed by atoms with Gasteiger partial charge in [0.25, 0.3) is 5.91 Å². The number of hydrogen-bond acceptors (Lipinski definition) is 4. The molecule has 1 heterocycles. The number of benzene rings is 1. The van der Waals surface area contributed by atoms with Crippen molar-refractivity contribution in [2.45, 2.75) is 12.8 Å². The number of nitrogens with zero attached hydrogens (tertiary/aromatic N) is 2. The zero-order chi connectivity index (χ0) is 13.1. The SMILES string of the molecule is CN(C)c1ccc(C(=O)N2CCCCO2)cc1N. The third-order valence-electron chi connectivity index (χ3n) is 2.99. The fraction of sp³-hybridized carbons (Fsp3) is 0.462. The van der Waals surface area contributed by atoms with Crippen LogP contribution in [0.1, 0.15) is 23.2 Å². The lowest BCUT2D eigenvalue weighted by Crippen LogP contribution is -2.35. The van der Waals surface area contributed by atoms with E-state index in [1.165, 1.54) is 5.06 Å². The second-order valence-electron chi connectivity index (χ2n) is 4.62. The maximum Gasteiger partial charge on any atom is 0.277 e. The summed E-state index contributed by atoms with van der Waals surface area (Å²) < 4.78 is 0. The standard InChI is InChI=1S/C13H19N3O2/c1-15(2)12-6-5-10(9-11(12)14)13(17)16-7-3-4-8-18-16/h5-6,9H,3-4,7-8,14H2,1-2H3. The number of carbonyl (C=O) groups is 1. The molecule has 0 atom stereocenters. The van der Waals surface area contributed by atoms with Crippen molar-refractivity contribution in [1.82, 2.24) is 5.06 Å². The van der Waals surface area contributed by atoms with Gasteiger partial charge in [-0.3, -0.25) is 9.63 Å². The van der Waals surface area contributed by atoms with Crippen LogP contribution in [-0.2, 0) is 4.84 Å². The Labute approximate surface area is 107 Å². The van der Waals surface area contributed by atoms with Crippen LogP contribution < -0.4 is 10.6 Å². The van der Waals surface area contributed by atoms with Crippen LogP contribution in [0.25, 0.3) is 0 Å². The Morgan fingerprint density at radius 2 is 2.17 bits per heavy atom. The molecule has 0 aliphatic carbocycles. The van der Waals surface area contributed by atoms with Crippen molar-refractivity contribution in [3.63, 3.8) is 0 Å². The molecule has 0 bridgehead atoms. The van der Waals surface area contributed by atoms with Gasteiger partial charge in [0, 0.05) is 26.2 Å². The van der Waals surface area contributed by atoms with Gasteiger partial charge >= 0.3 is 0 Å². The molecule has 2 rings (SSSR count). The number of nitrogen functional groups attached to an aromatic ring is 1. The summed E-state index contributed by atoms with van der Waals surface area (Å²) in [4.78, 5) is 19.4. The van der Waals surface area contributed by atoms with Crippen molar-refractivity contribution >= 4 is 17.3 Å². The van der Waals surface area contributed by atoms with Crippen molar-refractivity contribution < 1.29 is 9.63 Å². The Morgan fingerprint density at radius 1 is 1.39 bits per heavy atom. The average Bonchev–Trinajstić information content (AvgIpc) is 2.38. The molecule has 5 nitrogen and oxygen atoms in total. The second kappa shape index (κ2) is 5.27. The first-order valence-electron chi connectivity index (χ1n) is 6.11. The number of carbonyl (C=O) groups excluding carboxylic acids is 1. The van der Waals surface area contributed by atoms with Crippen LogP contribution in [0.2, 0.25) is 0 Å². The molecule has 1 aliphatic heterocycles. The van der Waals surface area contributed by atoms with Gasteiger partial charge < -0.3 is 10.6 Å². The van der Waals surface area contributed by atoms with Gasteiger partial charge in [-0.05, 0) is 31.0 Å². The summed E-state index contributed by atoms with van der Waals surface area (Å²) in [6, 6.07) is 5.34. The van der Waals surface area contributed by atoms with Gasteiger partial charge in [-0.2, -0.15) is 0 Å². The van der Waals surface area contributed by atoms with E-state index in [9.17, 15) is 4.79 Å². The first-order valence-corrected chi connectivity index (χ1v) is 6.11. The van der Waals surface area contributed by atoms with E-state index in [1.807, 2.05) is 25.1 Å². The fourth-order valence-electron chi connectivity index (χ4n) is 2.00. The van der Waals surface area contributed by atoms with Gasteiger partial charge in [-0.1, -0.05) is 0 Å². The number of hydroxylamine groups is 2. The number of anilines is 2. The number of hydrogen-bond donors (Lipinski definition) is 1. The molecular formula is C13H19N3O2. The Kier molecular flexibility index (Phi) is 3.72. The molecule has 1 aromatic carbocycles. The molecule has 1 aromatic rings. The van der Waals surface area contributed by atoms with Crippen LogP contribution in [0.3, 0.4) is 0 Å². The average molecular weight is 249 g/mol. The minimum Gasteiger partial charge on any atom is -0.397 e. The molecule has 0 spiro atoms. The van der Waals surface area contributed by atoms with Crippen molar-refractivity contribution in [3.05, 3.63) is 23.8 Å². The summed E-state index contributed by atoms with van der Waals surface area (Å²) >= 11 is 0. The van der Waals surface area contributed by atoms with E-state index in [4.69, 9.17) is 10.6 Å². The fourth-order valence-corrected chi connectivity index (χ4v) is 2.00. The third-order valence-corrected chi connectivity index (χ3v) is 2.99. The van der Waals surface area contributed by atoms with Crippen molar-refractivity contribution in [2.75, 3.05) is 37.9 Å². The van der Waals surface area contributed by atoms with Crippen LogP contribution in [0.4, 0.5) is 11.4 Å². The first kappa shape index (κ1) is 12.7. The van der Waals surface area contributed by atoms with Gasteiger partial charge in [0.1, 0.15) is 0 Å². The van der Waals surface area contributed by atoms with E-state index in [1.54, 1.807) is 12.1 Å². The number of nitrogens with two attached hydrogens (primary N) is 1. The van der Waals surface area contributed by atoms with Crippen LogP contribution in [0.5, 0.6) is 0 Å². The Hall–Kier alpha value is -1.75. The molecule has 0 radical (unpaired) electrons. The van der Waals surface area contributed by atoms with Gasteiger partial charge in [-0.15, -0.1) is 0 Å². The van der Waals surface area contributed by atoms with Crippen LogP contribution >= 0.6 is 0 Å². The smallest absolute Gasteiger partial charge is 0.277 e. The number of rotatable bonds is 2. The predicted octanol–water partition coefficient (Wildman–Crippen LogP) is 1.50. The predicted molar refractivity (Wildman–Crippen MR) is 71.4 cm³/mol. The van der Waals surface area contributed by atoms with Crippen molar-refractivity contribution in [3.8, 4) is 0 Å². The zero-order valence-electron chi connectivity index (χ0n) is 10.8. The topological polar surface area (TPSA) is 58.8 Å². The Balaban J connectivity index is 2.18. The molecule has 18 heavy (non-hydrogen) atoms.